The lowest BCUT2D eigenvalue weighted by Gasteiger charge is -2.16. The van der Waals surface area contributed by atoms with Gasteiger partial charge in [-0.2, -0.15) is 5.10 Å². The van der Waals surface area contributed by atoms with Crippen LogP contribution in [0.2, 0.25) is 10.0 Å². The Hall–Kier alpha value is -3.03. The van der Waals surface area contributed by atoms with E-state index in [-0.39, 0.29) is 29.9 Å². The number of carbonyl (C=O) groups is 2. The number of hydrogen-bond acceptors (Lipinski definition) is 4. The Balaban J connectivity index is 1.15. The van der Waals surface area contributed by atoms with Crippen LogP contribution in [0.4, 0.5) is 10.6 Å². The van der Waals surface area contributed by atoms with Gasteiger partial charge in [0.15, 0.2) is 5.82 Å². The fraction of sp³-hybridized carbons (Fsp3) is 0.292. The molecule has 2 N–H and O–H groups in total. The molecular weight excluding hydrogens is 463 g/mol. The molecule has 33 heavy (non-hydrogen) atoms. The average Bonchev–Trinajstić information content (AvgIpc) is 3.09. The fourth-order valence-electron chi connectivity index (χ4n) is 4.48. The van der Waals surface area contributed by atoms with Crippen LogP contribution in [0, 0.1) is 11.3 Å². The van der Waals surface area contributed by atoms with Crippen LogP contribution in [0.1, 0.15) is 18.4 Å². The first-order chi connectivity index (χ1) is 15.9. The Morgan fingerprint density at radius 1 is 1.18 bits per heavy atom. The van der Waals surface area contributed by atoms with Crippen LogP contribution in [-0.4, -0.2) is 40.2 Å². The number of rotatable bonds is 5. The van der Waals surface area contributed by atoms with Crippen LogP contribution in [-0.2, 0) is 16.1 Å². The number of aromatic amines is 1. The molecule has 1 aliphatic heterocycles. The Bertz CT molecular complexity index is 1200. The molecule has 1 saturated carbocycles. The predicted octanol–water partition coefficient (Wildman–Crippen LogP) is 5.37. The lowest BCUT2D eigenvalue weighted by molar-refractivity contribution is -0.118. The van der Waals surface area contributed by atoms with Crippen molar-refractivity contribution in [2.75, 3.05) is 18.4 Å². The number of nitrogens with one attached hydrogen (secondary N) is 2. The predicted molar refractivity (Wildman–Crippen MR) is 126 cm³/mol. The zero-order valence-corrected chi connectivity index (χ0v) is 19.2. The number of likely N-dealkylation sites (tertiary alicyclic amines) is 1. The molecule has 1 saturated heterocycles. The van der Waals surface area contributed by atoms with Gasteiger partial charge in [-0.05, 0) is 36.6 Å². The zero-order chi connectivity index (χ0) is 23.0. The molecule has 2 aromatic carbocycles. The second kappa shape index (κ2) is 8.72. The highest BCUT2D eigenvalue weighted by Gasteiger charge is 2.61. The van der Waals surface area contributed by atoms with Crippen molar-refractivity contribution in [1.29, 1.82) is 0 Å². The maximum absolute atomic E-state index is 12.8. The first kappa shape index (κ1) is 21.8. The monoisotopic (exact) mass is 484 g/mol. The maximum atomic E-state index is 12.8. The lowest BCUT2D eigenvalue weighted by atomic mass is 10.0. The van der Waals surface area contributed by atoms with Crippen molar-refractivity contribution >= 4 is 41.0 Å². The summed E-state index contributed by atoms with van der Waals surface area (Å²) in [4.78, 5) is 27.0. The number of benzene rings is 2. The minimum atomic E-state index is -0.335. The number of halogens is 2. The highest BCUT2D eigenvalue weighted by molar-refractivity contribution is 6.36. The summed E-state index contributed by atoms with van der Waals surface area (Å²) >= 11 is 12.2. The standard InChI is InChI=1S/C24H22Cl2N4O3/c25-16-6-7-17(19(26)10-16)20-11-21(29-28-20)27-22(31)18-12-24(18)8-9-30(14-24)23(32)33-13-15-4-2-1-3-5-15/h1-7,10-11,18H,8-9,12-14H2,(H2,27,28,29,31). The normalized spacial score (nSPS) is 21.3. The van der Waals surface area contributed by atoms with Crippen molar-refractivity contribution in [2.45, 2.75) is 19.4 Å². The van der Waals surface area contributed by atoms with Crippen molar-refractivity contribution in [3.63, 3.8) is 0 Å². The van der Waals surface area contributed by atoms with Crippen LogP contribution in [0.5, 0.6) is 0 Å². The summed E-state index contributed by atoms with van der Waals surface area (Å²) in [6, 6.07) is 16.5. The molecule has 0 bridgehead atoms. The van der Waals surface area contributed by atoms with Gasteiger partial charge >= 0.3 is 6.09 Å². The molecule has 2 amide bonds. The van der Waals surface area contributed by atoms with Gasteiger partial charge < -0.3 is 15.0 Å². The smallest absolute Gasteiger partial charge is 0.410 e. The summed E-state index contributed by atoms with van der Waals surface area (Å²) in [7, 11) is 0. The second-order valence-corrected chi connectivity index (χ2v) is 9.45. The van der Waals surface area contributed by atoms with E-state index < -0.39 is 0 Å². The van der Waals surface area contributed by atoms with Gasteiger partial charge in [-0.3, -0.25) is 9.89 Å². The van der Waals surface area contributed by atoms with Crippen molar-refractivity contribution in [3.8, 4) is 11.3 Å². The summed E-state index contributed by atoms with van der Waals surface area (Å²) in [5.41, 5.74) is 2.21. The van der Waals surface area contributed by atoms with E-state index in [1.807, 2.05) is 30.3 Å². The summed E-state index contributed by atoms with van der Waals surface area (Å²) in [6.07, 6.45) is 1.21. The molecule has 2 heterocycles. The third-order valence-electron chi connectivity index (χ3n) is 6.41. The molecule has 3 aromatic rings. The molecule has 7 nitrogen and oxygen atoms in total. The largest absolute Gasteiger partial charge is 0.445 e. The van der Waals surface area contributed by atoms with E-state index >= 15 is 0 Å². The van der Waals surface area contributed by atoms with Gasteiger partial charge in [0.1, 0.15) is 6.61 Å². The Kier molecular flexibility index (Phi) is 5.76. The summed E-state index contributed by atoms with van der Waals surface area (Å²) < 4.78 is 5.44. The summed E-state index contributed by atoms with van der Waals surface area (Å²) in [6.45, 7) is 1.37. The highest BCUT2D eigenvalue weighted by Crippen LogP contribution is 2.58. The Labute approximate surface area is 201 Å². The van der Waals surface area contributed by atoms with Crippen LogP contribution < -0.4 is 5.32 Å². The van der Waals surface area contributed by atoms with Crippen molar-refractivity contribution < 1.29 is 14.3 Å². The first-order valence-corrected chi connectivity index (χ1v) is 11.5. The van der Waals surface area contributed by atoms with Crippen LogP contribution >= 0.6 is 23.2 Å². The Morgan fingerprint density at radius 3 is 2.79 bits per heavy atom. The van der Waals surface area contributed by atoms with Gasteiger partial charge in [0.25, 0.3) is 0 Å². The van der Waals surface area contributed by atoms with Crippen molar-refractivity contribution in [1.82, 2.24) is 15.1 Å². The van der Waals surface area contributed by atoms with Crippen LogP contribution in [0.3, 0.4) is 0 Å². The van der Waals surface area contributed by atoms with Gasteiger partial charge in [-0.25, -0.2) is 4.79 Å². The van der Waals surface area contributed by atoms with E-state index in [0.717, 1.165) is 24.0 Å². The fourth-order valence-corrected chi connectivity index (χ4v) is 4.99. The lowest BCUT2D eigenvalue weighted by Crippen LogP contribution is -2.30. The topological polar surface area (TPSA) is 87.3 Å². The van der Waals surface area contributed by atoms with Crippen LogP contribution in [0.25, 0.3) is 11.3 Å². The molecule has 0 radical (unpaired) electrons. The third kappa shape index (κ3) is 4.56. The van der Waals surface area contributed by atoms with E-state index in [2.05, 4.69) is 15.5 Å². The number of aromatic nitrogens is 2. The quantitative estimate of drug-likeness (QED) is 0.509. The van der Waals surface area contributed by atoms with E-state index in [4.69, 9.17) is 27.9 Å². The number of hydrogen-bond donors (Lipinski definition) is 2. The van der Waals surface area contributed by atoms with E-state index in [1.54, 1.807) is 29.2 Å². The SMILES string of the molecule is O=C(Nc1cc(-c2ccc(Cl)cc2Cl)[nH]n1)C1CC12CCN(C(=O)OCc1ccccc1)C2. The minimum Gasteiger partial charge on any atom is -0.445 e. The molecule has 1 aromatic heterocycles. The van der Waals surface area contributed by atoms with Gasteiger partial charge in [0, 0.05) is 41.1 Å². The molecule has 9 heteroatoms. The molecular formula is C24H22Cl2N4O3. The molecule has 2 unspecified atom stereocenters. The molecule has 2 atom stereocenters. The number of ether oxygens (including phenoxy) is 1. The number of carbonyl (C=O) groups excluding carboxylic acids is 2. The minimum absolute atomic E-state index is 0.0882. The van der Waals surface area contributed by atoms with Crippen molar-refractivity contribution in [2.24, 2.45) is 11.3 Å². The molecule has 5 rings (SSSR count). The average molecular weight is 485 g/mol. The summed E-state index contributed by atoms with van der Waals surface area (Å²) in [5, 5.41) is 11.0. The van der Waals surface area contributed by atoms with Gasteiger partial charge in [-0.15, -0.1) is 0 Å². The van der Waals surface area contributed by atoms with E-state index in [1.165, 1.54) is 0 Å². The van der Waals surface area contributed by atoms with E-state index in [9.17, 15) is 9.59 Å². The second-order valence-electron chi connectivity index (χ2n) is 8.61. The maximum Gasteiger partial charge on any atom is 0.410 e. The number of amides is 2. The van der Waals surface area contributed by atoms with Gasteiger partial charge in [0.2, 0.25) is 5.91 Å². The van der Waals surface area contributed by atoms with E-state index in [0.29, 0.717) is 34.6 Å². The molecule has 2 aliphatic rings. The zero-order valence-electron chi connectivity index (χ0n) is 17.7. The molecule has 1 spiro atoms. The van der Waals surface area contributed by atoms with Gasteiger partial charge in [-0.1, -0.05) is 53.5 Å². The number of nitrogens with zero attached hydrogens (tertiary/aromatic N) is 2. The van der Waals surface area contributed by atoms with Crippen LogP contribution in [0.15, 0.2) is 54.6 Å². The molecule has 2 fully saturated rings. The summed E-state index contributed by atoms with van der Waals surface area (Å²) in [5.74, 6) is 0.193. The molecule has 1 aliphatic carbocycles. The van der Waals surface area contributed by atoms with Gasteiger partial charge in [0.05, 0.1) is 10.7 Å². The third-order valence-corrected chi connectivity index (χ3v) is 6.95. The first-order valence-electron chi connectivity index (χ1n) is 10.7. The van der Waals surface area contributed by atoms with Crippen molar-refractivity contribution in [3.05, 3.63) is 70.2 Å². The Morgan fingerprint density at radius 2 is 2.00 bits per heavy atom. The molecule has 170 valence electrons. The number of H-pyrrole nitrogens is 1. The number of anilines is 1. The highest BCUT2D eigenvalue weighted by atomic mass is 35.5.